The lowest BCUT2D eigenvalue weighted by molar-refractivity contribution is 0.208. The predicted octanol–water partition coefficient (Wildman–Crippen LogP) is 3.56. The molecular formula is C8H14N6. The molecule has 0 aliphatic heterocycles. The third kappa shape index (κ3) is 2.83. The molecule has 1 rings (SSSR count). The second-order valence-corrected chi connectivity index (χ2v) is 3.84. The van der Waals surface area contributed by atoms with Crippen LogP contribution in [0, 0.1) is 5.41 Å². The zero-order valence-electron chi connectivity index (χ0n) is 8.13. The quantitative estimate of drug-likeness (QED) is 0.371. The van der Waals surface area contributed by atoms with Crippen molar-refractivity contribution in [2.45, 2.75) is 32.1 Å². The maximum absolute atomic E-state index is 8.29. The Morgan fingerprint density at radius 3 is 1.86 bits per heavy atom. The smallest absolute Gasteiger partial charge is 0.0315 e. The molecule has 1 aliphatic carbocycles. The molecule has 6 nitrogen and oxygen atoms in total. The Kier molecular flexibility index (Phi) is 4.11. The molecule has 6 heteroatoms. The van der Waals surface area contributed by atoms with Gasteiger partial charge in [-0.3, -0.25) is 0 Å². The van der Waals surface area contributed by atoms with Crippen LogP contribution >= 0.6 is 0 Å². The minimum atomic E-state index is -0.0588. The van der Waals surface area contributed by atoms with Gasteiger partial charge in [-0.1, -0.05) is 29.5 Å². The van der Waals surface area contributed by atoms with E-state index < -0.39 is 0 Å². The van der Waals surface area contributed by atoms with E-state index in [0.717, 1.165) is 25.7 Å². The highest BCUT2D eigenvalue weighted by atomic mass is 15.2. The van der Waals surface area contributed by atoms with Crippen LogP contribution in [0.1, 0.15) is 32.1 Å². The molecule has 0 saturated heterocycles. The molecule has 1 fully saturated rings. The van der Waals surface area contributed by atoms with Gasteiger partial charge in [0.1, 0.15) is 0 Å². The molecule has 0 N–H and O–H groups in total. The Labute approximate surface area is 82.6 Å². The van der Waals surface area contributed by atoms with Gasteiger partial charge >= 0.3 is 0 Å². The summed E-state index contributed by atoms with van der Waals surface area (Å²) < 4.78 is 0. The second-order valence-electron chi connectivity index (χ2n) is 3.84. The van der Waals surface area contributed by atoms with Gasteiger partial charge < -0.3 is 0 Å². The molecule has 0 heterocycles. The summed E-state index contributed by atoms with van der Waals surface area (Å²) in [6.07, 6.45) is 5.52. The minimum Gasteiger partial charge on any atom is -0.0934 e. The molecule has 0 radical (unpaired) electrons. The van der Waals surface area contributed by atoms with Gasteiger partial charge in [-0.2, -0.15) is 0 Å². The number of rotatable bonds is 4. The zero-order chi connectivity index (χ0) is 10.3. The molecular weight excluding hydrogens is 180 g/mol. The molecule has 0 amide bonds. The fourth-order valence-electron chi connectivity index (χ4n) is 2.03. The SMILES string of the molecule is [N-]=[N+]=NCC1(CN=[N+]=[N-])CCCCC1. The minimum absolute atomic E-state index is 0.0588. The van der Waals surface area contributed by atoms with Crippen molar-refractivity contribution in [1.82, 2.24) is 0 Å². The van der Waals surface area contributed by atoms with Crippen molar-refractivity contribution in [3.05, 3.63) is 20.9 Å². The average molecular weight is 194 g/mol. The van der Waals surface area contributed by atoms with E-state index in [4.69, 9.17) is 11.1 Å². The van der Waals surface area contributed by atoms with E-state index in [0.29, 0.717) is 13.1 Å². The highest BCUT2D eigenvalue weighted by Crippen LogP contribution is 2.37. The molecule has 0 aromatic rings. The van der Waals surface area contributed by atoms with Gasteiger partial charge in [0.2, 0.25) is 0 Å². The van der Waals surface area contributed by atoms with Crippen LogP contribution in [0.15, 0.2) is 10.2 Å². The highest BCUT2D eigenvalue weighted by Gasteiger charge is 2.30. The lowest BCUT2D eigenvalue weighted by Crippen LogP contribution is -2.30. The number of hydrogen-bond acceptors (Lipinski definition) is 2. The van der Waals surface area contributed by atoms with Gasteiger partial charge in [0.15, 0.2) is 0 Å². The van der Waals surface area contributed by atoms with Crippen LogP contribution in [-0.2, 0) is 0 Å². The first kappa shape index (κ1) is 10.7. The van der Waals surface area contributed by atoms with Gasteiger partial charge in [0.25, 0.3) is 0 Å². The summed E-state index contributed by atoms with van der Waals surface area (Å²) in [7, 11) is 0. The summed E-state index contributed by atoms with van der Waals surface area (Å²) in [6, 6.07) is 0. The Morgan fingerprint density at radius 1 is 0.929 bits per heavy atom. The Morgan fingerprint density at radius 2 is 1.43 bits per heavy atom. The first-order chi connectivity index (χ1) is 6.83. The number of azide groups is 2. The van der Waals surface area contributed by atoms with Crippen molar-refractivity contribution in [1.29, 1.82) is 0 Å². The van der Waals surface area contributed by atoms with Crippen molar-refractivity contribution in [2.75, 3.05) is 13.1 Å². The van der Waals surface area contributed by atoms with Gasteiger partial charge in [-0.05, 0) is 29.3 Å². The largest absolute Gasteiger partial charge is 0.0934 e. The standard InChI is InChI=1S/C8H14N6/c9-13-11-6-8(7-12-14-10)4-2-1-3-5-8/h1-7H2. The second kappa shape index (κ2) is 5.37. The van der Waals surface area contributed by atoms with Crippen LogP contribution in [0.2, 0.25) is 0 Å². The summed E-state index contributed by atoms with van der Waals surface area (Å²) in [5, 5.41) is 7.24. The Bertz CT molecular complexity index is 246. The first-order valence-electron chi connectivity index (χ1n) is 4.85. The van der Waals surface area contributed by atoms with E-state index in [2.05, 4.69) is 20.1 Å². The van der Waals surface area contributed by atoms with Crippen molar-refractivity contribution < 1.29 is 0 Å². The van der Waals surface area contributed by atoms with E-state index in [-0.39, 0.29) is 5.41 Å². The van der Waals surface area contributed by atoms with E-state index in [1.807, 2.05) is 0 Å². The molecule has 14 heavy (non-hydrogen) atoms. The monoisotopic (exact) mass is 194 g/mol. The fourth-order valence-corrected chi connectivity index (χ4v) is 2.03. The average Bonchev–Trinajstić information content (AvgIpc) is 2.25. The summed E-state index contributed by atoms with van der Waals surface area (Å²) in [4.78, 5) is 5.55. The fraction of sp³-hybridized carbons (Fsp3) is 1.00. The molecule has 1 saturated carbocycles. The third-order valence-electron chi connectivity index (χ3n) is 2.85. The number of nitrogens with zero attached hydrogens (tertiary/aromatic N) is 6. The lowest BCUT2D eigenvalue weighted by Gasteiger charge is -2.34. The molecule has 0 unspecified atom stereocenters. The van der Waals surface area contributed by atoms with E-state index in [9.17, 15) is 0 Å². The number of hydrogen-bond donors (Lipinski definition) is 0. The van der Waals surface area contributed by atoms with Crippen LogP contribution in [0.3, 0.4) is 0 Å². The molecule has 0 aromatic carbocycles. The topological polar surface area (TPSA) is 97.5 Å². The van der Waals surface area contributed by atoms with Gasteiger partial charge in [-0.15, -0.1) is 0 Å². The highest BCUT2D eigenvalue weighted by molar-refractivity contribution is 4.87. The zero-order valence-corrected chi connectivity index (χ0v) is 8.13. The van der Waals surface area contributed by atoms with E-state index >= 15 is 0 Å². The molecule has 0 spiro atoms. The van der Waals surface area contributed by atoms with E-state index in [1.165, 1.54) is 6.42 Å². The summed E-state index contributed by atoms with van der Waals surface area (Å²) in [6.45, 7) is 0.922. The van der Waals surface area contributed by atoms with Crippen LogP contribution in [-0.4, -0.2) is 13.1 Å². The van der Waals surface area contributed by atoms with Crippen molar-refractivity contribution in [2.24, 2.45) is 15.6 Å². The summed E-state index contributed by atoms with van der Waals surface area (Å²) in [5.74, 6) is 0. The maximum atomic E-state index is 8.29. The predicted molar refractivity (Wildman–Crippen MR) is 53.5 cm³/mol. The van der Waals surface area contributed by atoms with Crippen molar-refractivity contribution >= 4 is 0 Å². The lowest BCUT2D eigenvalue weighted by atomic mass is 9.74. The Hall–Kier alpha value is -1.38. The van der Waals surface area contributed by atoms with Crippen LogP contribution in [0.4, 0.5) is 0 Å². The van der Waals surface area contributed by atoms with Crippen molar-refractivity contribution in [3.63, 3.8) is 0 Å². The van der Waals surface area contributed by atoms with Gasteiger partial charge in [-0.25, -0.2) is 0 Å². The Balaban J connectivity index is 2.65. The molecule has 76 valence electrons. The first-order valence-corrected chi connectivity index (χ1v) is 4.85. The third-order valence-corrected chi connectivity index (χ3v) is 2.85. The van der Waals surface area contributed by atoms with Crippen LogP contribution < -0.4 is 0 Å². The molecule has 1 aliphatic rings. The van der Waals surface area contributed by atoms with Crippen molar-refractivity contribution in [3.8, 4) is 0 Å². The van der Waals surface area contributed by atoms with Crippen LogP contribution in [0.25, 0.3) is 20.9 Å². The normalized spacial score (nSPS) is 19.1. The van der Waals surface area contributed by atoms with E-state index in [1.54, 1.807) is 0 Å². The van der Waals surface area contributed by atoms with Gasteiger partial charge in [0.05, 0.1) is 0 Å². The van der Waals surface area contributed by atoms with Crippen LogP contribution in [0.5, 0.6) is 0 Å². The summed E-state index contributed by atoms with van der Waals surface area (Å²) >= 11 is 0. The van der Waals surface area contributed by atoms with Gasteiger partial charge in [0, 0.05) is 22.9 Å². The molecule has 0 aromatic heterocycles. The molecule has 0 bridgehead atoms. The summed E-state index contributed by atoms with van der Waals surface area (Å²) in [5.41, 5.74) is 16.5. The molecule has 0 atom stereocenters. The maximum Gasteiger partial charge on any atom is 0.0315 e.